The third-order valence-corrected chi connectivity index (χ3v) is 22.8. The number of piperidine rings is 3. The molecule has 4 aliphatic carbocycles. The number of hydrogen-bond donors (Lipinski definition) is 0. The fraction of sp³-hybridized carbons (Fsp3) is 0.839. The molecular weight excluding hydrogens is 1120 g/mol. The number of allylic oxidation sites excluding steroid dienone is 2. The van der Waals surface area contributed by atoms with Crippen LogP contribution in [0.2, 0.25) is 36.3 Å². The predicted octanol–water partition coefficient (Wildman–Crippen LogP) is 19.5. The summed E-state index contributed by atoms with van der Waals surface area (Å²) in [6, 6.07) is 2.53. The first-order valence-corrected chi connectivity index (χ1v) is 35.7. The van der Waals surface area contributed by atoms with Crippen LogP contribution in [0.5, 0.6) is 0 Å². The van der Waals surface area contributed by atoms with Gasteiger partial charge in [-0.05, 0) is 16.6 Å². The van der Waals surface area contributed by atoms with E-state index in [0.29, 0.717) is 59.3 Å². The molecule has 0 amide bonds. The topological polar surface area (TPSA) is 113 Å². The molecule has 0 aromatic heterocycles. The van der Waals surface area contributed by atoms with Crippen molar-refractivity contribution in [2.45, 2.75) is 313 Å². The third-order valence-electron chi connectivity index (χ3n) is 15.7. The maximum atomic E-state index is 7.51. The molecule has 0 bridgehead atoms. The summed E-state index contributed by atoms with van der Waals surface area (Å²) >= 11 is 0. The van der Waals surface area contributed by atoms with Crippen molar-refractivity contribution in [3.05, 3.63) is 79.8 Å². The Labute approximate surface area is 487 Å². The maximum absolute atomic E-state index is 7.51. The molecule has 0 N–H and O–H groups in total. The summed E-state index contributed by atoms with van der Waals surface area (Å²) in [7, 11) is -2.81. The van der Waals surface area contributed by atoms with E-state index in [1.807, 2.05) is 24.3 Å². The molecule has 12 heteroatoms. The predicted molar refractivity (Wildman–Crippen MR) is 320 cm³/mol. The van der Waals surface area contributed by atoms with Crippen LogP contribution in [-0.2, 0) is 39.0 Å². The van der Waals surface area contributed by atoms with Gasteiger partial charge < -0.3 is 60.9 Å². The van der Waals surface area contributed by atoms with Gasteiger partial charge in [0.1, 0.15) is 8.07 Å². The van der Waals surface area contributed by atoms with E-state index in [1.54, 1.807) is 0 Å². The zero-order valence-electron chi connectivity index (χ0n) is 48.6. The van der Waals surface area contributed by atoms with E-state index in [9.17, 15) is 0 Å². The molecule has 4 heterocycles. The molecule has 0 aromatic carbocycles. The molecular formula is C62H106N8Ru2Si2. The molecule has 4 aliphatic heterocycles. The van der Waals surface area contributed by atoms with Crippen LogP contribution in [0.1, 0.15) is 228 Å². The molecule has 0 spiro atoms. The standard InChI is InChI=1S/3C11H20N2.C11H16N2.C11H21Si.C7H9Si.2Ru/c4*1-2-6-10(7-3-1)13-11-8-4-5-9-12-11;1-8-12(9(2)3,10(4)5)11(6)7;1-5-6-7-8(2,3)4;;/h3*10-11H,1-9H2;4-5,8-11H,1-3,6-7H2;9-11H,2-7H3;2-4H3;;/q4*-2;2*-1;2*+5. The van der Waals surface area contributed by atoms with E-state index in [4.69, 9.17) is 34.1 Å². The Bertz CT molecular complexity index is 1400. The molecule has 8 aliphatic rings. The van der Waals surface area contributed by atoms with Crippen LogP contribution in [0.3, 0.4) is 0 Å². The van der Waals surface area contributed by atoms with Gasteiger partial charge in [-0.3, -0.25) is 11.8 Å². The first-order chi connectivity index (χ1) is 34.7. The van der Waals surface area contributed by atoms with Crippen LogP contribution in [0.25, 0.3) is 42.5 Å². The fourth-order valence-electron chi connectivity index (χ4n) is 11.7. The Morgan fingerprint density at radius 2 is 0.770 bits per heavy atom. The normalized spacial score (nSPS) is 24.8. The Morgan fingerprint density at radius 1 is 0.446 bits per heavy atom. The average molecular weight is 1220 g/mol. The van der Waals surface area contributed by atoms with Gasteiger partial charge in [-0.2, -0.15) is 6.20 Å². The van der Waals surface area contributed by atoms with Gasteiger partial charge in [-0.1, -0.05) is 260 Å². The Kier molecular flexibility index (Phi) is 41.7. The summed E-state index contributed by atoms with van der Waals surface area (Å²) in [6.07, 6.45) is 61.8. The molecule has 418 valence electrons. The molecule has 4 unspecified atom stereocenters. The van der Waals surface area contributed by atoms with Gasteiger partial charge in [-0.15, -0.1) is 49.9 Å². The van der Waals surface area contributed by atoms with Crippen LogP contribution in [-0.4, -0.2) is 84.6 Å². The first kappa shape index (κ1) is 71.4. The Balaban J connectivity index is 0.000000445. The van der Waals surface area contributed by atoms with Crippen molar-refractivity contribution in [3.8, 4) is 22.9 Å². The molecule has 7 fully saturated rings. The van der Waals surface area contributed by atoms with E-state index in [0.717, 1.165) is 19.6 Å². The van der Waals surface area contributed by atoms with Crippen molar-refractivity contribution >= 4 is 16.1 Å². The molecule has 0 aromatic rings. The van der Waals surface area contributed by atoms with Gasteiger partial charge in [0.25, 0.3) is 0 Å². The number of nitrogens with zero attached hydrogens (tertiary/aromatic N) is 8. The second kappa shape index (κ2) is 43.2. The molecule has 4 atom stereocenters. The molecule has 4 saturated carbocycles. The minimum atomic E-state index is -1.58. The maximum Gasteiger partial charge on any atom is 5.00 e. The summed E-state index contributed by atoms with van der Waals surface area (Å²) in [5, 5.41) is 37.1. The van der Waals surface area contributed by atoms with Crippen molar-refractivity contribution in [1.82, 2.24) is 0 Å². The van der Waals surface area contributed by atoms with E-state index < -0.39 is 16.1 Å². The molecule has 2 radical (unpaired) electrons. The average Bonchev–Trinajstić information content (AvgIpc) is 3.39. The van der Waals surface area contributed by atoms with E-state index >= 15 is 0 Å². The van der Waals surface area contributed by atoms with Crippen LogP contribution < -0.4 is 0 Å². The SMILES string of the molecule is C1=C[N-]C([N-]C2CCCCC2)C=C1.C1CCC([N-]C2CCCC[N-]2)CC1.C1CCC([N-]C2CCCC[N-]2)CC1.C1CCC([N-]C2CCCC[N-]2)CC1.[C-]#CC#C[Si](C)(C)C.[C-]#C[Si](C(C)C)(C(C)C)C(C)C.[Ru+5].[Ru+5]. The molecule has 8 nitrogen and oxygen atoms in total. The largest absolute Gasteiger partial charge is 5.00 e. The summed E-state index contributed by atoms with van der Waals surface area (Å²) in [5.74, 6) is 4.56. The second-order valence-electron chi connectivity index (χ2n) is 23.8. The van der Waals surface area contributed by atoms with Crippen LogP contribution in [0.15, 0.2) is 24.4 Å². The van der Waals surface area contributed by atoms with Gasteiger partial charge in [0.2, 0.25) is 0 Å². The van der Waals surface area contributed by atoms with Crippen LogP contribution >= 0.6 is 0 Å². The minimum absolute atomic E-state index is 0. The van der Waals surface area contributed by atoms with Gasteiger partial charge in [0.05, 0.1) is 8.07 Å². The van der Waals surface area contributed by atoms with E-state index in [-0.39, 0.29) is 45.1 Å². The quantitative estimate of drug-likeness (QED) is 0.111. The zero-order valence-corrected chi connectivity index (χ0v) is 54.0. The van der Waals surface area contributed by atoms with Crippen molar-refractivity contribution < 1.29 is 39.0 Å². The minimum Gasteiger partial charge on any atom is -0.702 e. The smallest absolute Gasteiger partial charge is 0.702 e. The second-order valence-corrected chi connectivity index (χ2v) is 34.2. The first-order valence-electron chi connectivity index (χ1n) is 30.0. The third kappa shape index (κ3) is 31.8. The van der Waals surface area contributed by atoms with Crippen LogP contribution in [0.4, 0.5) is 0 Å². The summed E-state index contributed by atoms with van der Waals surface area (Å²) in [6.45, 7) is 23.0. The van der Waals surface area contributed by atoms with Crippen molar-refractivity contribution in [2.24, 2.45) is 0 Å². The van der Waals surface area contributed by atoms with Crippen molar-refractivity contribution in [3.63, 3.8) is 0 Å². The van der Waals surface area contributed by atoms with Crippen molar-refractivity contribution in [1.29, 1.82) is 0 Å². The fourth-order valence-corrected chi connectivity index (χ4v) is 17.0. The summed E-state index contributed by atoms with van der Waals surface area (Å²) in [4.78, 5) is 0. The van der Waals surface area contributed by atoms with Crippen LogP contribution in [0, 0.1) is 35.8 Å². The summed E-state index contributed by atoms with van der Waals surface area (Å²) < 4.78 is 0. The van der Waals surface area contributed by atoms with E-state index in [1.165, 1.54) is 186 Å². The van der Waals surface area contributed by atoms with Gasteiger partial charge in [0, 0.05) is 0 Å². The Hall–Kier alpha value is -0.639. The number of hydrogen-bond acceptors (Lipinski definition) is 0. The van der Waals surface area contributed by atoms with Gasteiger partial charge >= 0.3 is 39.0 Å². The Morgan fingerprint density at radius 3 is 0.986 bits per heavy atom. The van der Waals surface area contributed by atoms with Gasteiger partial charge in [-0.25, -0.2) is 30.2 Å². The zero-order chi connectivity index (χ0) is 52.3. The van der Waals surface area contributed by atoms with E-state index in [2.05, 4.69) is 106 Å². The molecule has 74 heavy (non-hydrogen) atoms. The molecule has 3 saturated heterocycles. The number of rotatable bonds is 11. The molecule has 8 rings (SSSR count). The summed E-state index contributed by atoms with van der Waals surface area (Å²) in [5.41, 5.74) is 7.77. The monoisotopic (exact) mass is 1220 g/mol. The van der Waals surface area contributed by atoms with Gasteiger partial charge in [0.15, 0.2) is 0 Å². The van der Waals surface area contributed by atoms with Crippen molar-refractivity contribution in [2.75, 3.05) is 19.6 Å².